The molecule has 6 nitrogen and oxygen atoms in total. The molecule has 0 saturated heterocycles. The molecule has 0 heterocycles. The van der Waals surface area contributed by atoms with Crippen LogP contribution in [0.5, 0.6) is 0 Å². The molecule has 2 rings (SSSR count). The normalized spacial score (nSPS) is 23.2. The fourth-order valence-corrected chi connectivity index (χ4v) is 2.37. The van der Waals surface area contributed by atoms with Crippen LogP contribution in [0.4, 0.5) is 0 Å². The summed E-state index contributed by atoms with van der Waals surface area (Å²) in [6.07, 6.45) is 0.116. The first-order chi connectivity index (χ1) is 9.99. The van der Waals surface area contributed by atoms with Crippen LogP contribution in [0.3, 0.4) is 0 Å². The van der Waals surface area contributed by atoms with E-state index in [1.54, 1.807) is 37.3 Å². The van der Waals surface area contributed by atoms with Crippen LogP contribution in [0, 0.1) is 5.92 Å². The molecule has 0 aliphatic heterocycles. The third-order valence-corrected chi connectivity index (χ3v) is 3.54. The van der Waals surface area contributed by atoms with Gasteiger partial charge in [0.1, 0.15) is 5.54 Å². The summed E-state index contributed by atoms with van der Waals surface area (Å²) in [7, 11) is 0. The van der Waals surface area contributed by atoms with Gasteiger partial charge < -0.3 is 15.2 Å². The van der Waals surface area contributed by atoms with E-state index in [1.807, 2.05) is 0 Å². The van der Waals surface area contributed by atoms with Crippen molar-refractivity contribution in [3.05, 3.63) is 35.9 Å². The molecule has 0 radical (unpaired) electrons. The van der Waals surface area contributed by atoms with E-state index >= 15 is 0 Å². The molecule has 2 N–H and O–H groups in total. The summed E-state index contributed by atoms with van der Waals surface area (Å²) in [5, 5.41) is 11.5. The van der Waals surface area contributed by atoms with Crippen molar-refractivity contribution in [1.29, 1.82) is 0 Å². The van der Waals surface area contributed by atoms with Crippen LogP contribution < -0.4 is 5.32 Å². The van der Waals surface area contributed by atoms with Gasteiger partial charge in [0, 0.05) is 11.5 Å². The van der Waals surface area contributed by atoms with E-state index < -0.39 is 29.3 Å². The van der Waals surface area contributed by atoms with E-state index in [0.717, 1.165) is 0 Å². The monoisotopic (exact) mass is 291 g/mol. The lowest BCUT2D eigenvalue weighted by Gasteiger charge is -2.17. The molecule has 1 fully saturated rings. The van der Waals surface area contributed by atoms with Gasteiger partial charge in [0.25, 0.3) is 5.91 Å². The van der Waals surface area contributed by atoms with Gasteiger partial charge >= 0.3 is 11.9 Å². The maximum atomic E-state index is 12.2. The van der Waals surface area contributed by atoms with Gasteiger partial charge in [-0.2, -0.15) is 0 Å². The Morgan fingerprint density at radius 1 is 1.33 bits per heavy atom. The van der Waals surface area contributed by atoms with Crippen LogP contribution in [0.1, 0.15) is 30.1 Å². The number of benzene rings is 1. The SMILES string of the molecule is CCOC(=O)C1(NC(=O)c2ccccc2)CC1CC(=O)O. The fourth-order valence-electron chi connectivity index (χ4n) is 2.37. The third kappa shape index (κ3) is 3.21. The van der Waals surface area contributed by atoms with E-state index in [-0.39, 0.29) is 19.4 Å². The van der Waals surface area contributed by atoms with Gasteiger partial charge in [0.2, 0.25) is 0 Å². The minimum Gasteiger partial charge on any atom is -0.481 e. The Kier molecular flexibility index (Phi) is 4.26. The number of aliphatic carboxylic acids is 1. The second kappa shape index (κ2) is 5.95. The van der Waals surface area contributed by atoms with Crippen molar-refractivity contribution in [2.24, 2.45) is 5.92 Å². The quantitative estimate of drug-likeness (QED) is 0.769. The van der Waals surface area contributed by atoms with Crippen molar-refractivity contribution in [3.63, 3.8) is 0 Å². The van der Waals surface area contributed by atoms with Gasteiger partial charge in [-0.25, -0.2) is 4.79 Å². The highest BCUT2D eigenvalue weighted by Crippen LogP contribution is 2.47. The Labute approximate surface area is 122 Å². The zero-order chi connectivity index (χ0) is 15.5. The molecule has 2 unspecified atom stereocenters. The van der Waals surface area contributed by atoms with E-state index in [4.69, 9.17) is 9.84 Å². The molecule has 6 heteroatoms. The zero-order valence-corrected chi connectivity index (χ0v) is 11.7. The highest BCUT2D eigenvalue weighted by molar-refractivity contribution is 5.99. The molecule has 0 spiro atoms. The number of hydrogen-bond acceptors (Lipinski definition) is 4. The Morgan fingerprint density at radius 2 is 2.00 bits per heavy atom. The predicted molar refractivity (Wildman–Crippen MR) is 73.6 cm³/mol. The lowest BCUT2D eigenvalue weighted by Crippen LogP contribution is -2.46. The van der Waals surface area contributed by atoms with Crippen molar-refractivity contribution in [1.82, 2.24) is 5.32 Å². The summed E-state index contributed by atoms with van der Waals surface area (Å²) in [5.41, 5.74) is -0.788. The third-order valence-electron chi connectivity index (χ3n) is 3.54. The number of carboxylic acids is 1. The zero-order valence-electron chi connectivity index (χ0n) is 11.7. The van der Waals surface area contributed by atoms with Crippen LogP contribution in [-0.2, 0) is 14.3 Å². The fraction of sp³-hybridized carbons (Fsp3) is 0.400. The summed E-state index contributed by atoms with van der Waals surface area (Å²) in [6, 6.07) is 8.47. The van der Waals surface area contributed by atoms with E-state index in [0.29, 0.717) is 5.56 Å². The maximum Gasteiger partial charge on any atom is 0.332 e. The van der Waals surface area contributed by atoms with Crippen LogP contribution >= 0.6 is 0 Å². The molecule has 21 heavy (non-hydrogen) atoms. The highest BCUT2D eigenvalue weighted by atomic mass is 16.5. The molecular weight excluding hydrogens is 274 g/mol. The summed E-state index contributed by atoms with van der Waals surface area (Å²) in [4.78, 5) is 35.0. The first kappa shape index (κ1) is 15.0. The number of ether oxygens (including phenoxy) is 1. The standard InChI is InChI=1S/C15H17NO5/c1-2-21-14(20)15(9-11(15)8-12(17)18)16-13(19)10-6-4-3-5-7-10/h3-7,11H,2,8-9H2,1H3,(H,16,19)(H,17,18). The van der Waals surface area contributed by atoms with Crippen molar-refractivity contribution >= 4 is 17.8 Å². The first-order valence-electron chi connectivity index (χ1n) is 6.76. The molecule has 1 aromatic rings. The second-order valence-electron chi connectivity index (χ2n) is 5.01. The highest BCUT2D eigenvalue weighted by Gasteiger charge is 2.62. The topological polar surface area (TPSA) is 92.7 Å². The van der Waals surface area contributed by atoms with Gasteiger partial charge in [-0.15, -0.1) is 0 Å². The smallest absolute Gasteiger partial charge is 0.332 e. The molecular formula is C15H17NO5. The molecule has 1 aromatic carbocycles. The van der Waals surface area contributed by atoms with E-state index in [2.05, 4.69) is 5.32 Å². The molecule has 0 aromatic heterocycles. The number of hydrogen-bond donors (Lipinski definition) is 2. The minimum atomic E-state index is -1.21. The summed E-state index contributed by atoms with van der Waals surface area (Å²) < 4.78 is 4.97. The van der Waals surface area contributed by atoms with Crippen LogP contribution in [-0.4, -0.2) is 35.1 Å². The summed E-state index contributed by atoms with van der Waals surface area (Å²) in [6.45, 7) is 1.85. The first-order valence-corrected chi connectivity index (χ1v) is 6.76. The predicted octanol–water partition coefficient (Wildman–Crippen LogP) is 1.21. The molecule has 2 atom stereocenters. The molecule has 1 amide bonds. The van der Waals surface area contributed by atoms with Crippen molar-refractivity contribution < 1.29 is 24.2 Å². The number of carboxylic acid groups (broad SMARTS) is 1. The number of carbonyl (C=O) groups excluding carboxylic acids is 2. The Bertz CT molecular complexity index is 556. The van der Waals surface area contributed by atoms with Gasteiger partial charge in [-0.1, -0.05) is 18.2 Å². The van der Waals surface area contributed by atoms with Crippen molar-refractivity contribution in [3.8, 4) is 0 Å². The number of rotatable bonds is 6. The molecule has 1 saturated carbocycles. The molecule has 1 aliphatic carbocycles. The van der Waals surface area contributed by atoms with Gasteiger partial charge in [-0.05, 0) is 25.5 Å². The van der Waals surface area contributed by atoms with Crippen LogP contribution in [0.25, 0.3) is 0 Å². The number of amides is 1. The Balaban J connectivity index is 2.13. The van der Waals surface area contributed by atoms with Crippen LogP contribution in [0.2, 0.25) is 0 Å². The van der Waals surface area contributed by atoms with Gasteiger partial charge in [0.15, 0.2) is 0 Å². The molecule has 1 aliphatic rings. The average Bonchev–Trinajstić information content (AvgIpc) is 3.13. The molecule has 112 valence electrons. The number of carbonyl (C=O) groups is 3. The largest absolute Gasteiger partial charge is 0.481 e. The van der Waals surface area contributed by atoms with Crippen molar-refractivity contribution in [2.75, 3.05) is 6.61 Å². The van der Waals surface area contributed by atoms with Crippen molar-refractivity contribution in [2.45, 2.75) is 25.3 Å². The second-order valence-corrected chi connectivity index (χ2v) is 5.01. The summed E-state index contributed by atoms with van der Waals surface area (Å²) in [5.74, 6) is -2.40. The Morgan fingerprint density at radius 3 is 2.57 bits per heavy atom. The lowest BCUT2D eigenvalue weighted by molar-refractivity contribution is -0.147. The van der Waals surface area contributed by atoms with Gasteiger partial charge in [0.05, 0.1) is 13.0 Å². The number of nitrogens with one attached hydrogen (secondary N) is 1. The summed E-state index contributed by atoms with van der Waals surface area (Å²) >= 11 is 0. The Hall–Kier alpha value is -2.37. The molecule has 0 bridgehead atoms. The van der Waals surface area contributed by atoms with Crippen LogP contribution in [0.15, 0.2) is 30.3 Å². The van der Waals surface area contributed by atoms with E-state index in [1.165, 1.54) is 0 Å². The average molecular weight is 291 g/mol. The minimum absolute atomic E-state index is 0.173. The lowest BCUT2D eigenvalue weighted by atomic mass is 10.1. The maximum absolute atomic E-state index is 12.2. The van der Waals surface area contributed by atoms with E-state index in [9.17, 15) is 14.4 Å². The van der Waals surface area contributed by atoms with Gasteiger partial charge in [-0.3, -0.25) is 9.59 Å². The number of esters is 1.